The predicted molar refractivity (Wildman–Crippen MR) is 56.1 cm³/mol. The fourth-order valence-electron chi connectivity index (χ4n) is 1.35. The van der Waals surface area contributed by atoms with Gasteiger partial charge < -0.3 is 0 Å². The third-order valence-electron chi connectivity index (χ3n) is 2.46. The van der Waals surface area contributed by atoms with Crippen molar-refractivity contribution >= 4 is 0 Å². The van der Waals surface area contributed by atoms with E-state index in [0.29, 0.717) is 6.42 Å². The summed E-state index contributed by atoms with van der Waals surface area (Å²) in [5.41, 5.74) is 3.46. The highest BCUT2D eigenvalue weighted by Crippen LogP contribution is 2.12. The SMILES string of the molecule is Cc1ccc(CC(C)[N+](=O)[O-])cc1C. The quantitative estimate of drug-likeness (QED) is 0.546. The van der Waals surface area contributed by atoms with Crippen molar-refractivity contribution in [3.05, 3.63) is 45.0 Å². The van der Waals surface area contributed by atoms with Crippen molar-refractivity contribution in [1.29, 1.82) is 0 Å². The number of hydrogen-bond acceptors (Lipinski definition) is 2. The van der Waals surface area contributed by atoms with Crippen LogP contribution in [0.4, 0.5) is 0 Å². The zero-order valence-corrected chi connectivity index (χ0v) is 8.78. The number of rotatable bonds is 3. The lowest BCUT2D eigenvalue weighted by atomic mass is 10.0. The van der Waals surface area contributed by atoms with Gasteiger partial charge in [0, 0.05) is 18.3 Å². The number of nitro groups is 1. The molecule has 1 atom stereocenters. The van der Waals surface area contributed by atoms with Crippen molar-refractivity contribution in [2.75, 3.05) is 0 Å². The summed E-state index contributed by atoms with van der Waals surface area (Å²) in [7, 11) is 0. The molecule has 0 aromatic heterocycles. The predicted octanol–water partition coefficient (Wildman–Crippen LogP) is 2.51. The van der Waals surface area contributed by atoms with E-state index in [9.17, 15) is 10.1 Å². The molecule has 0 aliphatic rings. The van der Waals surface area contributed by atoms with Gasteiger partial charge in [-0.3, -0.25) is 10.1 Å². The van der Waals surface area contributed by atoms with Gasteiger partial charge in [-0.1, -0.05) is 18.2 Å². The molecule has 0 radical (unpaired) electrons. The molecule has 1 rings (SSSR count). The molecule has 0 N–H and O–H groups in total. The van der Waals surface area contributed by atoms with E-state index in [2.05, 4.69) is 0 Å². The Balaban J connectivity index is 2.78. The number of aryl methyl sites for hydroxylation is 2. The molecule has 0 bridgehead atoms. The highest BCUT2D eigenvalue weighted by molar-refractivity contribution is 5.30. The van der Waals surface area contributed by atoms with E-state index in [-0.39, 0.29) is 4.92 Å². The van der Waals surface area contributed by atoms with Gasteiger partial charge in [0.2, 0.25) is 6.04 Å². The minimum Gasteiger partial charge on any atom is -0.264 e. The lowest BCUT2D eigenvalue weighted by Gasteiger charge is -2.06. The van der Waals surface area contributed by atoms with Gasteiger partial charge >= 0.3 is 0 Å². The van der Waals surface area contributed by atoms with Crippen LogP contribution in [0.25, 0.3) is 0 Å². The molecule has 0 saturated heterocycles. The fraction of sp³-hybridized carbons (Fsp3) is 0.455. The van der Waals surface area contributed by atoms with Gasteiger partial charge in [0.1, 0.15) is 0 Å². The Kier molecular flexibility index (Phi) is 3.23. The van der Waals surface area contributed by atoms with Gasteiger partial charge in [0.05, 0.1) is 0 Å². The standard InChI is InChI=1S/C11H15NO2/c1-8-4-5-11(6-9(8)2)7-10(3)12(13)14/h4-6,10H,7H2,1-3H3. The summed E-state index contributed by atoms with van der Waals surface area (Å²) in [4.78, 5) is 10.2. The second-order valence-corrected chi connectivity index (χ2v) is 3.76. The van der Waals surface area contributed by atoms with Crippen LogP contribution in [0, 0.1) is 24.0 Å². The molecule has 0 spiro atoms. The zero-order chi connectivity index (χ0) is 10.7. The molecule has 3 heteroatoms. The van der Waals surface area contributed by atoms with E-state index >= 15 is 0 Å². The molecule has 0 aliphatic carbocycles. The Bertz CT molecular complexity index is 347. The highest BCUT2D eigenvalue weighted by Gasteiger charge is 2.13. The van der Waals surface area contributed by atoms with Gasteiger partial charge in [-0.05, 0) is 30.5 Å². The second kappa shape index (κ2) is 4.22. The van der Waals surface area contributed by atoms with Crippen LogP contribution < -0.4 is 0 Å². The van der Waals surface area contributed by atoms with E-state index in [1.807, 2.05) is 32.0 Å². The van der Waals surface area contributed by atoms with E-state index in [1.165, 1.54) is 11.1 Å². The summed E-state index contributed by atoms with van der Waals surface area (Å²) < 4.78 is 0. The Morgan fingerprint density at radius 1 is 1.36 bits per heavy atom. The molecule has 1 aromatic rings. The molecule has 1 unspecified atom stereocenters. The van der Waals surface area contributed by atoms with Gasteiger partial charge in [-0.15, -0.1) is 0 Å². The third-order valence-corrected chi connectivity index (χ3v) is 2.46. The zero-order valence-electron chi connectivity index (χ0n) is 8.78. The molecule has 0 saturated carbocycles. The summed E-state index contributed by atoms with van der Waals surface area (Å²) in [6, 6.07) is 5.49. The Morgan fingerprint density at radius 2 is 2.00 bits per heavy atom. The van der Waals surface area contributed by atoms with Crippen LogP contribution in [0.2, 0.25) is 0 Å². The van der Waals surface area contributed by atoms with Crippen molar-refractivity contribution < 1.29 is 4.92 Å². The summed E-state index contributed by atoms with van der Waals surface area (Å²) in [5, 5.41) is 10.5. The average molecular weight is 193 g/mol. The largest absolute Gasteiger partial charge is 0.264 e. The lowest BCUT2D eigenvalue weighted by Crippen LogP contribution is -2.17. The number of benzene rings is 1. The van der Waals surface area contributed by atoms with E-state index in [1.54, 1.807) is 6.92 Å². The summed E-state index contributed by atoms with van der Waals surface area (Å²) in [5.74, 6) is 0. The van der Waals surface area contributed by atoms with Crippen LogP contribution in [0.5, 0.6) is 0 Å². The van der Waals surface area contributed by atoms with Crippen LogP contribution >= 0.6 is 0 Å². The minimum atomic E-state index is -0.503. The van der Waals surface area contributed by atoms with Crippen molar-refractivity contribution in [2.24, 2.45) is 0 Å². The smallest absolute Gasteiger partial charge is 0.214 e. The first kappa shape index (κ1) is 10.7. The maximum Gasteiger partial charge on any atom is 0.214 e. The van der Waals surface area contributed by atoms with Crippen molar-refractivity contribution in [3.63, 3.8) is 0 Å². The molecule has 1 aromatic carbocycles. The Morgan fingerprint density at radius 3 is 2.50 bits per heavy atom. The molecular formula is C11H15NO2. The molecule has 14 heavy (non-hydrogen) atoms. The first-order valence-electron chi connectivity index (χ1n) is 4.70. The van der Waals surface area contributed by atoms with Crippen LogP contribution in [-0.4, -0.2) is 11.0 Å². The van der Waals surface area contributed by atoms with E-state index in [4.69, 9.17) is 0 Å². The maximum absolute atomic E-state index is 10.5. The van der Waals surface area contributed by atoms with Crippen LogP contribution in [0.3, 0.4) is 0 Å². The fourth-order valence-corrected chi connectivity index (χ4v) is 1.35. The van der Waals surface area contributed by atoms with Gasteiger partial charge in [-0.25, -0.2) is 0 Å². The topological polar surface area (TPSA) is 43.1 Å². The van der Waals surface area contributed by atoms with Crippen LogP contribution in [0.15, 0.2) is 18.2 Å². The van der Waals surface area contributed by atoms with Crippen LogP contribution in [0.1, 0.15) is 23.6 Å². The monoisotopic (exact) mass is 193 g/mol. The van der Waals surface area contributed by atoms with Crippen molar-refractivity contribution in [2.45, 2.75) is 33.2 Å². The maximum atomic E-state index is 10.5. The normalized spacial score (nSPS) is 12.5. The molecule has 0 fully saturated rings. The average Bonchev–Trinajstić information content (AvgIpc) is 2.11. The molecule has 0 amide bonds. The lowest BCUT2D eigenvalue weighted by molar-refractivity contribution is -0.517. The summed E-state index contributed by atoms with van der Waals surface area (Å²) >= 11 is 0. The second-order valence-electron chi connectivity index (χ2n) is 3.76. The van der Waals surface area contributed by atoms with Crippen LogP contribution in [-0.2, 0) is 6.42 Å². The first-order valence-corrected chi connectivity index (χ1v) is 4.70. The Labute approximate surface area is 83.9 Å². The highest BCUT2D eigenvalue weighted by atomic mass is 16.6. The molecule has 3 nitrogen and oxygen atoms in total. The number of nitrogens with zero attached hydrogens (tertiary/aromatic N) is 1. The summed E-state index contributed by atoms with van der Waals surface area (Å²) in [6.07, 6.45) is 0.508. The van der Waals surface area contributed by atoms with Gasteiger partial charge in [0.25, 0.3) is 0 Å². The molecule has 0 aliphatic heterocycles. The van der Waals surface area contributed by atoms with Gasteiger partial charge in [0.15, 0.2) is 0 Å². The summed E-state index contributed by atoms with van der Waals surface area (Å²) in [6.45, 7) is 5.70. The van der Waals surface area contributed by atoms with Crippen molar-refractivity contribution in [3.8, 4) is 0 Å². The minimum absolute atomic E-state index is 0.241. The van der Waals surface area contributed by atoms with E-state index in [0.717, 1.165) is 5.56 Å². The Hall–Kier alpha value is -1.38. The molecule has 76 valence electrons. The third kappa shape index (κ3) is 2.55. The van der Waals surface area contributed by atoms with E-state index < -0.39 is 6.04 Å². The molecule has 0 heterocycles. The number of hydrogen-bond donors (Lipinski definition) is 0. The van der Waals surface area contributed by atoms with Crippen molar-refractivity contribution in [1.82, 2.24) is 0 Å². The van der Waals surface area contributed by atoms with Gasteiger partial charge in [-0.2, -0.15) is 0 Å². The molecular weight excluding hydrogens is 178 g/mol. The first-order chi connectivity index (χ1) is 6.50.